The van der Waals surface area contributed by atoms with Gasteiger partial charge in [-0.05, 0) is 12.1 Å². The van der Waals surface area contributed by atoms with E-state index in [0.29, 0.717) is 23.4 Å². The van der Waals surface area contributed by atoms with E-state index >= 15 is 0 Å². The van der Waals surface area contributed by atoms with Gasteiger partial charge in [-0.2, -0.15) is 18.3 Å². The van der Waals surface area contributed by atoms with Crippen LogP contribution in [0.4, 0.5) is 42.4 Å². The van der Waals surface area contributed by atoms with E-state index in [1.165, 1.54) is 0 Å². The maximum absolute atomic E-state index is 14.5. The Morgan fingerprint density at radius 2 is 1.94 bits per heavy atom. The van der Waals surface area contributed by atoms with E-state index in [2.05, 4.69) is 25.8 Å². The minimum absolute atomic E-state index is 0.324. The number of carbonyl (C=O) groups is 1. The first-order chi connectivity index (χ1) is 16.0. The summed E-state index contributed by atoms with van der Waals surface area (Å²) < 4.78 is 95.3. The molecule has 0 radical (unpaired) electrons. The zero-order valence-corrected chi connectivity index (χ0v) is 17.0. The van der Waals surface area contributed by atoms with Crippen molar-refractivity contribution in [3.8, 4) is 0 Å². The topological polar surface area (TPSA) is 106 Å². The number of hydrazone groups is 1. The number of benzene rings is 1. The second-order valence-corrected chi connectivity index (χ2v) is 7.04. The van der Waals surface area contributed by atoms with Crippen LogP contribution in [-0.4, -0.2) is 58.3 Å². The van der Waals surface area contributed by atoms with Gasteiger partial charge in [-0.1, -0.05) is 0 Å². The molecule has 15 heteroatoms. The highest BCUT2D eigenvalue weighted by molar-refractivity contribution is 6.14. The van der Waals surface area contributed by atoms with Crippen LogP contribution in [0.5, 0.6) is 0 Å². The first-order valence-electron chi connectivity index (χ1n) is 9.53. The molecule has 0 saturated carbocycles. The lowest BCUT2D eigenvalue weighted by atomic mass is 10.1. The number of carbonyl (C=O) groups excluding carboxylic acids is 1. The van der Waals surface area contributed by atoms with Crippen molar-refractivity contribution in [3.05, 3.63) is 47.3 Å². The summed E-state index contributed by atoms with van der Waals surface area (Å²) in [4.78, 5) is 20.5. The van der Waals surface area contributed by atoms with Crippen LogP contribution in [0, 0.1) is 17.0 Å². The maximum Gasteiger partial charge on any atom is 0.419 e. The van der Waals surface area contributed by atoms with Crippen molar-refractivity contribution < 1.29 is 35.5 Å². The standard InChI is InChI=1S/C19H16F7N7O/c20-11-1-2-12(32-31-5-4-27)14(15(11)21)16(34)33-6-3-18(22,23)13(33)9-30-17-28-7-10(8-29-17)19(24,25)26/h1-2,4-5,7-8,13,27,32H,3,6,9H2,(H,28,29,30)/b27-4?,31-5-. The van der Waals surface area contributed by atoms with Crippen molar-refractivity contribution in [1.82, 2.24) is 14.9 Å². The molecule has 3 N–H and O–H groups in total. The number of alkyl halides is 5. The lowest BCUT2D eigenvalue weighted by Crippen LogP contribution is -2.47. The predicted octanol–water partition coefficient (Wildman–Crippen LogP) is 3.78. The highest BCUT2D eigenvalue weighted by Crippen LogP contribution is 2.36. The Hall–Kier alpha value is -3.78. The molecule has 2 aromatic rings. The number of halogens is 7. The van der Waals surface area contributed by atoms with Gasteiger partial charge in [0.05, 0.1) is 17.5 Å². The normalized spacial score (nSPS) is 17.7. The zero-order chi connectivity index (χ0) is 25.1. The largest absolute Gasteiger partial charge is 0.419 e. The van der Waals surface area contributed by atoms with Gasteiger partial charge in [0.2, 0.25) is 5.95 Å². The average Bonchev–Trinajstić information content (AvgIpc) is 3.08. The van der Waals surface area contributed by atoms with Crippen LogP contribution >= 0.6 is 0 Å². The van der Waals surface area contributed by atoms with Crippen LogP contribution in [0.1, 0.15) is 22.3 Å². The van der Waals surface area contributed by atoms with E-state index in [9.17, 15) is 35.5 Å². The summed E-state index contributed by atoms with van der Waals surface area (Å²) in [6.07, 6.45) is -2.86. The molecule has 1 aromatic heterocycles. The number of rotatable bonds is 7. The highest BCUT2D eigenvalue weighted by atomic mass is 19.4. The first-order valence-corrected chi connectivity index (χ1v) is 9.53. The Bertz CT molecular complexity index is 1090. The minimum Gasteiger partial charge on any atom is -0.352 e. The quantitative estimate of drug-likeness (QED) is 0.311. The Morgan fingerprint density at radius 3 is 2.56 bits per heavy atom. The molecule has 1 saturated heterocycles. The second-order valence-electron chi connectivity index (χ2n) is 7.04. The van der Waals surface area contributed by atoms with Gasteiger partial charge in [-0.25, -0.2) is 27.5 Å². The molecule has 1 unspecified atom stereocenters. The first kappa shape index (κ1) is 24.9. The van der Waals surface area contributed by atoms with Gasteiger partial charge in [0.1, 0.15) is 11.6 Å². The van der Waals surface area contributed by atoms with Crippen LogP contribution in [-0.2, 0) is 6.18 Å². The molecule has 2 heterocycles. The molecule has 0 aliphatic carbocycles. The third-order valence-electron chi connectivity index (χ3n) is 4.89. The van der Waals surface area contributed by atoms with Gasteiger partial charge in [0.25, 0.3) is 11.8 Å². The Labute approximate surface area is 187 Å². The van der Waals surface area contributed by atoms with Crippen molar-refractivity contribution >= 4 is 30.0 Å². The van der Waals surface area contributed by atoms with Crippen LogP contribution in [0.15, 0.2) is 29.6 Å². The summed E-state index contributed by atoms with van der Waals surface area (Å²) in [6, 6.07) is -0.190. The molecule has 8 nitrogen and oxygen atoms in total. The van der Waals surface area contributed by atoms with Gasteiger partial charge in [0.15, 0.2) is 11.6 Å². The number of amides is 1. The smallest absolute Gasteiger partial charge is 0.352 e. The monoisotopic (exact) mass is 491 g/mol. The van der Waals surface area contributed by atoms with Crippen LogP contribution < -0.4 is 10.7 Å². The van der Waals surface area contributed by atoms with Gasteiger partial charge in [0, 0.05) is 38.1 Å². The fourth-order valence-electron chi connectivity index (χ4n) is 3.22. The molecule has 34 heavy (non-hydrogen) atoms. The number of hydrogen-bond donors (Lipinski definition) is 3. The van der Waals surface area contributed by atoms with E-state index in [1.54, 1.807) is 0 Å². The van der Waals surface area contributed by atoms with Crippen molar-refractivity contribution in [1.29, 1.82) is 5.41 Å². The van der Waals surface area contributed by atoms with Gasteiger partial charge in [-0.3, -0.25) is 10.2 Å². The van der Waals surface area contributed by atoms with Crippen LogP contribution in [0.3, 0.4) is 0 Å². The van der Waals surface area contributed by atoms with E-state index in [0.717, 1.165) is 18.5 Å². The van der Waals surface area contributed by atoms with Gasteiger partial charge in [-0.15, -0.1) is 0 Å². The molecular weight excluding hydrogens is 475 g/mol. The molecule has 0 bridgehead atoms. The molecule has 1 amide bonds. The SMILES string of the molecule is N=C/C=N\Nc1ccc(F)c(F)c1C(=O)N1CCC(F)(F)C1CNc1ncc(C(F)(F)F)cn1. The van der Waals surface area contributed by atoms with Crippen molar-refractivity contribution in [3.63, 3.8) is 0 Å². The summed E-state index contributed by atoms with van der Waals surface area (Å²) in [5.74, 6) is -8.10. The molecular formula is C19H16F7N7O. The molecule has 1 atom stereocenters. The fourth-order valence-corrected chi connectivity index (χ4v) is 3.22. The summed E-state index contributed by atoms with van der Waals surface area (Å²) >= 11 is 0. The molecule has 1 aliphatic rings. The molecule has 1 fully saturated rings. The second kappa shape index (κ2) is 9.61. The fraction of sp³-hybridized carbons (Fsp3) is 0.316. The third kappa shape index (κ3) is 5.23. The van der Waals surface area contributed by atoms with E-state index in [1.807, 2.05) is 0 Å². The number of nitrogens with one attached hydrogen (secondary N) is 3. The molecule has 1 aliphatic heterocycles. The van der Waals surface area contributed by atoms with Crippen molar-refractivity contribution in [2.45, 2.75) is 24.6 Å². The number of anilines is 2. The summed E-state index contributed by atoms with van der Waals surface area (Å²) in [5, 5.41) is 12.7. The van der Waals surface area contributed by atoms with Crippen LogP contribution in [0.2, 0.25) is 0 Å². The Morgan fingerprint density at radius 1 is 1.26 bits per heavy atom. The molecule has 1 aromatic carbocycles. The summed E-state index contributed by atoms with van der Waals surface area (Å²) in [6.45, 7) is -1.19. The Balaban J connectivity index is 1.85. The number of aromatic nitrogens is 2. The lowest BCUT2D eigenvalue weighted by molar-refractivity contribution is -0.138. The maximum atomic E-state index is 14.5. The van der Waals surface area contributed by atoms with Crippen molar-refractivity contribution in [2.24, 2.45) is 5.10 Å². The average molecular weight is 491 g/mol. The number of hydrogen-bond acceptors (Lipinski definition) is 7. The summed E-state index contributed by atoms with van der Waals surface area (Å²) in [5.41, 5.74) is -0.102. The van der Waals surface area contributed by atoms with E-state index in [4.69, 9.17) is 5.41 Å². The molecule has 3 rings (SSSR count). The lowest BCUT2D eigenvalue weighted by Gasteiger charge is -2.28. The van der Waals surface area contributed by atoms with E-state index in [-0.39, 0.29) is 5.69 Å². The zero-order valence-electron chi connectivity index (χ0n) is 17.0. The van der Waals surface area contributed by atoms with Gasteiger partial charge >= 0.3 is 6.18 Å². The molecule has 182 valence electrons. The number of likely N-dealkylation sites (tertiary alicyclic amines) is 1. The van der Waals surface area contributed by atoms with Crippen LogP contribution in [0.25, 0.3) is 0 Å². The summed E-state index contributed by atoms with van der Waals surface area (Å²) in [7, 11) is 0. The van der Waals surface area contributed by atoms with E-state index < -0.39 is 72.3 Å². The predicted molar refractivity (Wildman–Crippen MR) is 107 cm³/mol. The number of nitrogens with zero attached hydrogens (tertiary/aromatic N) is 4. The third-order valence-corrected chi connectivity index (χ3v) is 4.89. The van der Waals surface area contributed by atoms with Gasteiger partial charge < -0.3 is 15.6 Å². The van der Waals surface area contributed by atoms with Crippen molar-refractivity contribution in [2.75, 3.05) is 23.8 Å². The minimum atomic E-state index is -4.69. The highest BCUT2D eigenvalue weighted by Gasteiger charge is 2.51. The Kier molecular flexibility index (Phi) is 7.02. The molecule has 0 spiro atoms.